The lowest BCUT2D eigenvalue weighted by Crippen LogP contribution is -2.05. The summed E-state index contributed by atoms with van der Waals surface area (Å²) in [6.07, 6.45) is 1.74. The second-order valence-electron chi connectivity index (χ2n) is 5.28. The number of benzene rings is 1. The van der Waals surface area contributed by atoms with Crippen LogP contribution in [0.3, 0.4) is 0 Å². The molecule has 0 fully saturated rings. The van der Waals surface area contributed by atoms with E-state index in [1.54, 1.807) is 18.5 Å². The van der Waals surface area contributed by atoms with E-state index < -0.39 is 0 Å². The van der Waals surface area contributed by atoms with Crippen molar-refractivity contribution in [1.82, 2.24) is 19.5 Å². The van der Waals surface area contributed by atoms with E-state index in [1.807, 2.05) is 16.7 Å². The molecule has 0 unspecified atom stereocenters. The zero-order valence-corrected chi connectivity index (χ0v) is 13.0. The van der Waals surface area contributed by atoms with Gasteiger partial charge in [0.1, 0.15) is 5.75 Å². The van der Waals surface area contributed by atoms with Crippen LogP contribution in [0, 0.1) is 0 Å². The molecule has 6 nitrogen and oxygen atoms in total. The topological polar surface area (TPSA) is 75.9 Å². The Labute approximate surface area is 132 Å². The lowest BCUT2D eigenvalue weighted by Gasteiger charge is -2.09. The molecule has 2 heterocycles. The number of anilines is 1. The van der Waals surface area contributed by atoms with E-state index in [-0.39, 0.29) is 17.1 Å². The number of imidazole rings is 1. The summed E-state index contributed by atoms with van der Waals surface area (Å²) in [5, 5.41) is 12.7. The zero-order chi connectivity index (χ0) is 15.7. The van der Waals surface area contributed by atoms with Crippen molar-refractivity contribution >= 4 is 28.6 Å². The highest BCUT2D eigenvalue weighted by molar-refractivity contribution is 6.28. The van der Waals surface area contributed by atoms with Crippen LogP contribution < -0.4 is 5.32 Å². The first-order chi connectivity index (χ1) is 10.5. The molecule has 1 aromatic carbocycles. The largest absolute Gasteiger partial charge is 0.508 e. The van der Waals surface area contributed by atoms with Crippen LogP contribution in [0.25, 0.3) is 11.2 Å². The third-order valence-corrected chi connectivity index (χ3v) is 3.52. The molecule has 0 bridgehead atoms. The molecule has 0 atom stereocenters. The molecule has 22 heavy (non-hydrogen) atoms. The van der Waals surface area contributed by atoms with Gasteiger partial charge in [0.15, 0.2) is 17.0 Å². The first-order valence-electron chi connectivity index (χ1n) is 6.96. The molecule has 2 N–H and O–H groups in total. The average Bonchev–Trinajstić information content (AvgIpc) is 2.90. The Hall–Kier alpha value is -2.34. The van der Waals surface area contributed by atoms with Gasteiger partial charge in [-0.25, -0.2) is 4.98 Å². The Bertz CT molecular complexity index is 798. The number of fused-ring (bicyclic) bond motifs is 1. The third-order valence-electron chi connectivity index (χ3n) is 3.35. The number of aromatic nitrogens is 4. The maximum Gasteiger partial charge on any atom is 0.226 e. The van der Waals surface area contributed by atoms with Gasteiger partial charge in [0.05, 0.1) is 6.33 Å². The molecule has 0 radical (unpaired) electrons. The Morgan fingerprint density at radius 1 is 1.23 bits per heavy atom. The Morgan fingerprint density at radius 3 is 2.64 bits per heavy atom. The second kappa shape index (κ2) is 5.81. The van der Waals surface area contributed by atoms with Crippen molar-refractivity contribution in [2.24, 2.45) is 0 Å². The van der Waals surface area contributed by atoms with Crippen LogP contribution in [0.15, 0.2) is 30.6 Å². The Balaban J connectivity index is 1.91. The van der Waals surface area contributed by atoms with E-state index in [4.69, 9.17) is 11.6 Å². The van der Waals surface area contributed by atoms with Crippen LogP contribution in [0.5, 0.6) is 5.75 Å². The molecule has 0 aliphatic carbocycles. The average molecular weight is 318 g/mol. The molecular formula is C15H16ClN5O. The van der Waals surface area contributed by atoms with Gasteiger partial charge in [0.25, 0.3) is 0 Å². The smallest absolute Gasteiger partial charge is 0.226 e. The lowest BCUT2D eigenvalue weighted by atomic mass is 10.2. The predicted octanol–water partition coefficient (Wildman–Crippen LogP) is 3.38. The summed E-state index contributed by atoms with van der Waals surface area (Å²) in [5.74, 6) is 0.842. The number of phenolic OH excluding ortho intramolecular Hbond substituents is 1. The van der Waals surface area contributed by atoms with Crippen molar-refractivity contribution in [1.29, 1.82) is 0 Å². The fourth-order valence-corrected chi connectivity index (χ4v) is 2.36. The molecule has 0 saturated heterocycles. The molecule has 0 aliphatic rings. The van der Waals surface area contributed by atoms with Gasteiger partial charge < -0.3 is 15.0 Å². The highest BCUT2D eigenvalue weighted by Crippen LogP contribution is 2.23. The van der Waals surface area contributed by atoms with Crippen molar-refractivity contribution in [3.05, 3.63) is 41.4 Å². The summed E-state index contributed by atoms with van der Waals surface area (Å²) < 4.78 is 1.95. The fraction of sp³-hybridized carbons (Fsp3) is 0.267. The molecule has 7 heteroatoms. The quantitative estimate of drug-likeness (QED) is 0.721. The SMILES string of the molecule is CC(C)n1cnc2c(NCc3ccc(O)cc3)nc(Cl)nc21. The van der Waals surface area contributed by atoms with Crippen molar-refractivity contribution in [2.45, 2.75) is 26.4 Å². The van der Waals surface area contributed by atoms with Crippen molar-refractivity contribution < 1.29 is 5.11 Å². The van der Waals surface area contributed by atoms with Gasteiger partial charge >= 0.3 is 0 Å². The minimum atomic E-state index is 0.183. The van der Waals surface area contributed by atoms with Gasteiger partial charge in [0, 0.05) is 12.6 Å². The minimum absolute atomic E-state index is 0.183. The molecule has 3 aromatic rings. The monoisotopic (exact) mass is 317 g/mol. The minimum Gasteiger partial charge on any atom is -0.508 e. The predicted molar refractivity (Wildman–Crippen MR) is 86.2 cm³/mol. The summed E-state index contributed by atoms with van der Waals surface area (Å²) in [7, 11) is 0. The fourth-order valence-electron chi connectivity index (χ4n) is 2.19. The van der Waals surface area contributed by atoms with Crippen molar-refractivity contribution in [2.75, 3.05) is 5.32 Å². The summed E-state index contributed by atoms with van der Waals surface area (Å²) in [6, 6.07) is 7.21. The second-order valence-corrected chi connectivity index (χ2v) is 5.62. The molecular weight excluding hydrogens is 302 g/mol. The van der Waals surface area contributed by atoms with E-state index in [0.717, 1.165) is 5.56 Å². The lowest BCUT2D eigenvalue weighted by molar-refractivity contribution is 0.475. The van der Waals surface area contributed by atoms with Crippen LogP contribution in [-0.4, -0.2) is 24.6 Å². The van der Waals surface area contributed by atoms with Crippen molar-refractivity contribution in [3.8, 4) is 5.75 Å². The standard InChI is InChI=1S/C15H16ClN5O/c1-9(2)21-8-18-12-13(19-15(16)20-14(12)21)17-7-10-3-5-11(22)6-4-10/h3-6,8-9,22H,7H2,1-2H3,(H,17,19,20). The van der Waals surface area contributed by atoms with E-state index in [0.29, 0.717) is 23.5 Å². The summed E-state index contributed by atoms with van der Waals surface area (Å²) in [5.41, 5.74) is 2.42. The number of nitrogens with zero attached hydrogens (tertiary/aromatic N) is 4. The maximum absolute atomic E-state index is 9.30. The maximum atomic E-state index is 9.30. The molecule has 3 rings (SSSR count). The Kier molecular flexibility index (Phi) is 3.85. The first kappa shape index (κ1) is 14.6. The molecule has 0 aliphatic heterocycles. The summed E-state index contributed by atoms with van der Waals surface area (Å²) in [4.78, 5) is 12.9. The van der Waals surface area contributed by atoms with Gasteiger partial charge in [-0.3, -0.25) is 0 Å². The van der Waals surface area contributed by atoms with Crippen LogP contribution in [-0.2, 0) is 6.54 Å². The number of rotatable bonds is 4. The number of hydrogen-bond donors (Lipinski definition) is 2. The van der Waals surface area contributed by atoms with Gasteiger partial charge in [-0.15, -0.1) is 0 Å². The van der Waals surface area contributed by atoms with Gasteiger partial charge in [-0.2, -0.15) is 9.97 Å². The van der Waals surface area contributed by atoms with E-state index in [9.17, 15) is 5.11 Å². The number of aromatic hydroxyl groups is 1. The molecule has 0 saturated carbocycles. The molecule has 0 spiro atoms. The number of halogens is 1. The Morgan fingerprint density at radius 2 is 1.95 bits per heavy atom. The first-order valence-corrected chi connectivity index (χ1v) is 7.34. The summed E-state index contributed by atoms with van der Waals surface area (Å²) >= 11 is 6.02. The van der Waals surface area contributed by atoms with E-state index in [1.165, 1.54) is 0 Å². The highest BCUT2D eigenvalue weighted by Gasteiger charge is 2.13. The molecule has 2 aromatic heterocycles. The van der Waals surface area contributed by atoms with E-state index in [2.05, 4.69) is 34.1 Å². The van der Waals surface area contributed by atoms with Crippen LogP contribution in [0.2, 0.25) is 5.28 Å². The van der Waals surface area contributed by atoms with Gasteiger partial charge in [-0.05, 0) is 43.1 Å². The number of hydrogen-bond acceptors (Lipinski definition) is 5. The van der Waals surface area contributed by atoms with Gasteiger partial charge in [-0.1, -0.05) is 12.1 Å². The summed E-state index contributed by atoms with van der Waals surface area (Å²) in [6.45, 7) is 4.67. The van der Waals surface area contributed by atoms with E-state index >= 15 is 0 Å². The van der Waals surface area contributed by atoms with Crippen LogP contribution in [0.4, 0.5) is 5.82 Å². The van der Waals surface area contributed by atoms with Crippen LogP contribution >= 0.6 is 11.6 Å². The van der Waals surface area contributed by atoms with Gasteiger partial charge in [0.2, 0.25) is 5.28 Å². The number of nitrogens with one attached hydrogen (secondary N) is 1. The third kappa shape index (κ3) is 2.82. The molecule has 0 amide bonds. The number of phenols is 1. The van der Waals surface area contributed by atoms with Crippen LogP contribution in [0.1, 0.15) is 25.5 Å². The molecule has 114 valence electrons. The zero-order valence-electron chi connectivity index (χ0n) is 12.3. The highest BCUT2D eigenvalue weighted by atomic mass is 35.5. The van der Waals surface area contributed by atoms with Crippen molar-refractivity contribution in [3.63, 3.8) is 0 Å². The normalized spacial score (nSPS) is 11.3.